The first-order valence-corrected chi connectivity index (χ1v) is 9.49. The number of carbonyl (C=O) groups is 1. The van der Waals surface area contributed by atoms with Crippen LogP contribution in [-0.4, -0.2) is 14.3 Å². The predicted octanol–water partition coefficient (Wildman–Crippen LogP) is 3.56. The molecular formula is C20H18N2O3S. The second-order valence-corrected chi connectivity index (χ2v) is 7.45. The van der Waals surface area contributed by atoms with Crippen LogP contribution in [0.5, 0.6) is 0 Å². The average molecular weight is 366 g/mol. The Morgan fingerprint density at radius 2 is 1.50 bits per heavy atom. The SMILES string of the molecule is Cc1ccc(NC(=O)c2ccc(-c3ccccc3)cc2)cc1S(N)(=O)=O. The van der Waals surface area contributed by atoms with Crippen molar-refractivity contribution < 1.29 is 13.2 Å². The van der Waals surface area contributed by atoms with Gasteiger partial charge in [-0.3, -0.25) is 4.79 Å². The first-order valence-electron chi connectivity index (χ1n) is 7.95. The van der Waals surface area contributed by atoms with Crippen molar-refractivity contribution in [2.75, 3.05) is 5.32 Å². The van der Waals surface area contributed by atoms with Crippen LogP contribution in [0.15, 0.2) is 77.7 Å². The average Bonchev–Trinajstić information content (AvgIpc) is 2.63. The fourth-order valence-corrected chi connectivity index (χ4v) is 3.44. The zero-order valence-electron chi connectivity index (χ0n) is 14.1. The van der Waals surface area contributed by atoms with Gasteiger partial charge in [0.05, 0.1) is 4.90 Å². The molecule has 0 saturated heterocycles. The van der Waals surface area contributed by atoms with Crippen LogP contribution < -0.4 is 10.5 Å². The van der Waals surface area contributed by atoms with E-state index in [1.807, 2.05) is 42.5 Å². The number of amides is 1. The lowest BCUT2D eigenvalue weighted by Gasteiger charge is -2.09. The third kappa shape index (κ3) is 3.99. The van der Waals surface area contributed by atoms with Crippen molar-refractivity contribution in [3.63, 3.8) is 0 Å². The smallest absolute Gasteiger partial charge is 0.255 e. The van der Waals surface area contributed by atoms with Gasteiger partial charge in [0.1, 0.15) is 0 Å². The van der Waals surface area contributed by atoms with Gasteiger partial charge in [0.25, 0.3) is 5.91 Å². The second kappa shape index (κ2) is 7.11. The van der Waals surface area contributed by atoms with Crippen molar-refractivity contribution in [3.05, 3.63) is 83.9 Å². The van der Waals surface area contributed by atoms with E-state index in [0.29, 0.717) is 16.8 Å². The van der Waals surface area contributed by atoms with Gasteiger partial charge in [0.2, 0.25) is 10.0 Å². The number of benzene rings is 3. The molecule has 3 N–H and O–H groups in total. The molecule has 6 heteroatoms. The molecule has 0 aliphatic heterocycles. The Kier molecular flexibility index (Phi) is 4.88. The van der Waals surface area contributed by atoms with E-state index in [2.05, 4.69) is 5.32 Å². The summed E-state index contributed by atoms with van der Waals surface area (Å²) in [6.07, 6.45) is 0. The Labute approximate surface area is 152 Å². The molecule has 1 amide bonds. The fourth-order valence-electron chi connectivity index (χ4n) is 2.63. The number of nitrogens with two attached hydrogens (primary N) is 1. The number of carbonyl (C=O) groups excluding carboxylic acids is 1. The lowest BCUT2D eigenvalue weighted by molar-refractivity contribution is 0.102. The number of sulfonamides is 1. The van der Waals surface area contributed by atoms with E-state index in [1.165, 1.54) is 6.07 Å². The maximum absolute atomic E-state index is 12.4. The van der Waals surface area contributed by atoms with E-state index in [0.717, 1.165) is 11.1 Å². The van der Waals surface area contributed by atoms with E-state index >= 15 is 0 Å². The summed E-state index contributed by atoms with van der Waals surface area (Å²) in [7, 11) is -3.84. The molecule has 3 rings (SSSR count). The number of anilines is 1. The maximum atomic E-state index is 12.4. The Hall–Kier alpha value is -2.96. The predicted molar refractivity (Wildman–Crippen MR) is 102 cm³/mol. The van der Waals surface area contributed by atoms with Gasteiger partial charge in [-0.1, -0.05) is 48.5 Å². The maximum Gasteiger partial charge on any atom is 0.255 e. The highest BCUT2D eigenvalue weighted by atomic mass is 32.2. The zero-order chi connectivity index (χ0) is 18.7. The molecule has 0 atom stereocenters. The molecule has 0 radical (unpaired) electrons. The van der Waals surface area contributed by atoms with E-state index in [-0.39, 0.29) is 10.8 Å². The van der Waals surface area contributed by atoms with Gasteiger partial charge in [0.15, 0.2) is 0 Å². The summed E-state index contributed by atoms with van der Waals surface area (Å²) in [6, 6.07) is 21.7. The molecule has 5 nitrogen and oxygen atoms in total. The number of primary sulfonamides is 1. The highest BCUT2D eigenvalue weighted by Gasteiger charge is 2.14. The lowest BCUT2D eigenvalue weighted by Crippen LogP contribution is -2.16. The van der Waals surface area contributed by atoms with Crippen LogP contribution in [0.25, 0.3) is 11.1 Å². The first kappa shape index (κ1) is 17.8. The zero-order valence-corrected chi connectivity index (χ0v) is 15.0. The third-order valence-electron chi connectivity index (χ3n) is 4.01. The molecule has 26 heavy (non-hydrogen) atoms. The Bertz CT molecular complexity index is 1040. The number of hydrogen-bond donors (Lipinski definition) is 2. The van der Waals surface area contributed by atoms with Crippen LogP contribution in [-0.2, 0) is 10.0 Å². The fraction of sp³-hybridized carbons (Fsp3) is 0.0500. The summed E-state index contributed by atoms with van der Waals surface area (Å²) < 4.78 is 23.2. The second-order valence-electron chi connectivity index (χ2n) is 5.92. The minimum Gasteiger partial charge on any atom is -0.322 e. The Morgan fingerprint density at radius 1 is 0.885 bits per heavy atom. The molecule has 0 saturated carbocycles. The molecule has 0 aliphatic carbocycles. The quantitative estimate of drug-likeness (QED) is 0.740. The first-order chi connectivity index (χ1) is 12.3. The molecule has 0 aliphatic rings. The highest BCUT2D eigenvalue weighted by Crippen LogP contribution is 2.21. The van der Waals surface area contributed by atoms with Gasteiger partial charge < -0.3 is 5.32 Å². The van der Waals surface area contributed by atoms with Crippen LogP contribution in [0.3, 0.4) is 0 Å². The molecule has 3 aromatic rings. The topological polar surface area (TPSA) is 89.3 Å². The van der Waals surface area contributed by atoms with Gasteiger partial charge in [-0.15, -0.1) is 0 Å². The van der Waals surface area contributed by atoms with Gasteiger partial charge in [-0.25, -0.2) is 13.6 Å². The van der Waals surface area contributed by atoms with Crippen molar-refractivity contribution in [3.8, 4) is 11.1 Å². The monoisotopic (exact) mass is 366 g/mol. The summed E-state index contributed by atoms with van der Waals surface area (Å²) in [5.74, 6) is -0.325. The molecule has 132 valence electrons. The van der Waals surface area contributed by atoms with E-state index in [1.54, 1.807) is 31.2 Å². The lowest BCUT2D eigenvalue weighted by atomic mass is 10.0. The molecule has 0 bridgehead atoms. The Morgan fingerprint density at radius 3 is 2.12 bits per heavy atom. The summed E-state index contributed by atoms with van der Waals surface area (Å²) in [5, 5.41) is 7.90. The standard InChI is InChI=1S/C20H18N2O3S/c1-14-7-12-18(13-19(14)26(21,24)25)22-20(23)17-10-8-16(9-11-17)15-5-3-2-4-6-15/h2-13H,1H3,(H,22,23)(H2,21,24,25). The van der Waals surface area contributed by atoms with Gasteiger partial charge in [0, 0.05) is 11.3 Å². The van der Waals surface area contributed by atoms with Crippen LogP contribution in [0.2, 0.25) is 0 Å². The molecule has 0 spiro atoms. The summed E-state index contributed by atoms with van der Waals surface area (Å²) in [6.45, 7) is 1.65. The van der Waals surface area contributed by atoms with E-state index in [9.17, 15) is 13.2 Å². The van der Waals surface area contributed by atoms with E-state index in [4.69, 9.17) is 5.14 Å². The van der Waals surface area contributed by atoms with Crippen molar-refractivity contribution in [1.29, 1.82) is 0 Å². The molecule has 0 heterocycles. The van der Waals surface area contributed by atoms with Crippen LogP contribution in [0.4, 0.5) is 5.69 Å². The number of rotatable bonds is 4. The third-order valence-corrected chi connectivity index (χ3v) is 5.06. The normalized spacial score (nSPS) is 11.2. The Balaban J connectivity index is 1.81. The minimum absolute atomic E-state index is 0.00488. The largest absolute Gasteiger partial charge is 0.322 e. The molecule has 3 aromatic carbocycles. The van der Waals surface area contributed by atoms with Crippen molar-refractivity contribution in [2.24, 2.45) is 5.14 Å². The van der Waals surface area contributed by atoms with Crippen LogP contribution in [0.1, 0.15) is 15.9 Å². The molecule has 0 aromatic heterocycles. The number of nitrogens with one attached hydrogen (secondary N) is 1. The summed E-state index contributed by atoms with van der Waals surface area (Å²) >= 11 is 0. The van der Waals surface area contributed by atoms with Crippen LogP contribution >= 0.6 is 0 Å². The van der Waals surface area contributed by atoms with Crippen LogP contribution in [0, 0.1) is 6.92 Å². The molecular weight excluding hydrogens is 348 g/mol. The van der Waals surface area contributed by atoms with Gasteiger partial charge in [-0.05, 0) is 47.9 Å². The minimum atomic E-state index is -3.84. The summed E-state index contributed by atoms with van der Waals surface area (Å²) in [5.41, 5.74) is 3.45. The van der Waals surface area contributed by atoms with Crippen molar-refractivity contribution >= 4 is 21.6 Å². The number of aryl methyl sites for hydroxylation is 1. The van der Waals surface area contributed by atoms with Crippen molar-refractivity contribution in [1.82, 2.24) is 0 Å². The molecule has 0 fully saturated rings. The highest BCUT2D eigenvalue weighted by molar-refractivity contribution is 7.89. The van der Waals surface area contributed by atoms with Gasteiger partial charge in [-0.2, -0.15) is 0 Å². The van der Waals surface area contributed by atoms with E-state index < -0.39 is 10.0 Å². The number of hydrogen-bond acceptors (Lipinski definition) is 3. The summed E-state index contributed by atoms with van der Waals surface area (Å²) in [4.78, 5) is 12.4. The molecule has 0 unspecified atom stereocenters. The van der Waals surface area contributed by atoms with Crippen molar-refractivity contribution in [2.45, 2.75) is 11.8 Å². The van der Waals surface area contributed by atoms with Gasteiger partial charge >= 0.3 is 0 Å².